The zero-order valence-electron chi connectivity index (χ0n) is 13.2. The van der Waals surface area contributed by atoms with Gasteiger partial charge in [-0.3, -0.25) is 4.98 Å². The Morgan fingerprint density at radius 3 is 3.00 bits per heavy atom. The Morgan fingerprint density at radius 2 is 2.12 bits per heavy atom. The number of fused-ring (bicyclic) bond motifs is 1. The molecule has 4 rings (SSSR count). The van der Waals surface area contributed by atoms with Gasteiger partial charge in [0.25, 0.3) is 0 Å². The first kappa shape index (κ1) is 15.0. The van der Waals surface area contributed by atoms with Crippen molar-refractivity contribution >= 4 is 34.2 Å². The first-order valence-electron chi connectivity index (χ1n) is 7.92. The van der Waals surface area contributed by atoms with Gasteiger partial charge in [-0.15, -0.1) is 11.8 Å². The van der Waals surface area contributed by atoms with E-state index < -0.39 is 0 Å². The molecule has 3 heterocycles. The second-order valence-electron chi connectivity index (χ2n) is 5.84. The average Bonchev–Trinajstić information content (AvgIpc) is 3.24. The zero-order valence-corrected chi connectivity index (χ0v) is 14.0. The van der Waals surface area contributed by atoms with E-state index in [0.717, 1.165) is 24.2 Å². The molecule has 0 fully saturated rings. The number of rotatable bonds is 4. The second-order valence-corrected chi connectivity index (χ2v) is 7.02. The molecule has 24 heavy (non-hydrogen) atoms. The summed E-state index contributed by atoms with van der Waals surface area (Å²) in [5.41, 5.74) is 9.45. The van der Waals surface area contributed by atoms with Gasteiger partial charge in [0.15, 0.2) is 0 Å². The minimum Gasteiger partial charge on any atom is -0.383 e. The summed E-state index contributed by atoms with van der Waals surface area (Å²) in [5.74, 6) is 0.623. The molecule has 0 saturated heterocycles. The fourth-order valence-corrected chi connectivity index (χ4v) is 4.02. The van der Waals surface area contributed by atoms with Crippen LogP contribution in [0.1, 0.15) is 6.42 Å². The summed E-state index contributed by atoms with van der Waals surface area (Å²) < 4.78 is 2.29. The van der Waals surface area contributed by atoms with Crippen LogP contribution in [0.5, 0.6) is 0 Å². The van der Waals surface area contributed by atoms with Gasteiger partial charge >= 0.3 is 0 Å². The summed E-state index contributed by atoms with van der Waals surface area (Å²) >= 11 is 1.84. The molecule has 0 radical (unpaired) electrons. The van der Waals surface area contributed by atoms with Gasteiger partial charge in [-0.25, -0.2) is 4.99 Å². The summed E-state index contributed by atoms with van der Waals surface area (Å²) in [5, 5.41) is 3.81. The van der Waals surface area contributed by atoms with E-state index in [1.807, 2.05) is 54.5 Å². The van der Waals surface area contributed by atoms with Crippen LogP contribution in [0.4, 0.5) is 5.69 Å². The fourth-order valence-electron chi connectivity index (χ4n) is 2.92. The third-order valence-corrected chi connectivity index (χ3v) is 5.28. The van der Waals surface area contributed by atoms with Crippen molar-refractivity contribution in [3.63, 3.8) is 0 Å². The average molecular weight is 334 g/mol. The Morgan fingerprint density at radius 1 is 1.25 bits per heavy atom. The summed E-state index contributed by atoms with van der Waals surface area (Å²) in [6, 6.07) is 14.0. The predicted molar refractivity (Wildman–Crippen MR) is 102 cm³/mol. The van der Waals surface area contributed by atoms with Crippen LogP contribution in [-0.4, -0.2) is 20.6 Å². The molecule has 4 nitrogen and oxygen atoms in total. The molecule has 1 unspecified atom stereocenters. The van der Waals surface area contributed by atoms with Gasteiger partial charge in [0.05, 0.1) is 11.2 Å². The number of hydrogen-bond donors (Lipinski definition) is 1. The van der Waals surface area contributed by atoms with E-state index in [9.17, 15) is 0 Å². The lowest BCUT2D eigenvalue weighted by molar-refractivity contribution is 0.687. The minimum atomic E-state index is 0.480. The number of benzene rings is 1. The highest BCUT2D eigenvalue weighted by molar-refractivity contribution is 8.03. The molecule has 2 N–H and O–H groups in total. The molecular formula is C19H18N4S. The van der Waals surface area contributed by atoms with Crippen molar-refractivity contribution in [3.8, 4) is 0 Å². The van der Waals surface area contributed by atoms with Crippen LogP contribution < -0.4 is 5.73 Å². The van der Waals surface area contributed by atoms with E-state index in [0.29, 0.717) is 11.1 Å². The number of para-hydroxylation sites is 1. The quantitative estimate of drug-likeness (QED) is 0.577. The van der Waals surface area contributed by atoms with Crippen molar-refractivity contribution in [2.45, 2.75) is 18.2 Å². The lowest BCUT2D eigenvalue weighted by atomic mass is 10.1. The smallest absolute Gasteiger partial charge is 0.127 e. The number of amidine groups is 1. The van der Waals surface area contributed by atoms with Crippen LogP contribution in [0.2, 0.25) is 0 Å². The zero-order chi connectivity index (χ0) is 16.4. The summed E-state index contributed by atoms with van der Waals surface area (Å²) in [4.78, 5) is 8.69. The molecule has 0 bridgehead atoms. The highest BCUT2D eigenvalue weighted by atomic mass is 32.2. The summed E-state index contributed by atoms with van der Waals surface area (Å²) in [6.07, 6.45) is 6.82. The number of aliphatic imine (C=N–C) groups is 1. The van der Waals surface area contributed by atoms with Gasteiger partial charge in [-0.2, -0.15) is 0 Å². The van der Waals surface area contributed by atoms with Crippen molar-refractivity contribution in [2.24, 2.45) is 10.7 Å². The normalized spacial score (nSPS) is 18.1. The van der Waals surface area contributed by atoms with Crippen LogP contribution in [0.15, 0.2) is 77.0 Å². The molecule has 0 aliphatic carbocycles. The number of hydrogen-bond acceptors (Lipinski definition) is 3. The van der Waals surface area contributed by atoms with Gasteiger partial charge in [-0.05, 0) is 36.1 Å². The third kappa shape index (κ3) is 3.08. The van der Waals surface area contributed by atoms with Gasteiger partial charge < -0.3 is 10.3 Å². The molecule has 1 aliphatic rings. The molecule has 1 atom stereocenters. The SMILES string of the molecule is NC(=Nc1ccccc1)C1=CSC(Cn2ccc3cnccc32)C1. The van der Waals surface area contributed by atoms with E-state index in [2.05, 4.69) is 38.3 Å². The maximum atomic E-state index is 6.19. The Kier molecular flexibility index (Phi) is 4.09. The van der Waals surface area contributed by atoms with Gasteiger partial charge in [0, 0.05) is 41.3 Å². The van der Waals surface area contributed by atoms with Crippen molar-refractivity contribution in [1.82, 2.24) is 9.55 Å². The Balaban J connectivity index is 1.45. The van der Waals surface area contributed by atoms with Gasteiger partial charge in [0.2, 0.25) is 0 Å². The topological polar surface area (TPSA) is 56.2 Å². The molecule has 120 valence electrons. The predicted octanol–water partition coefficient (Wildman–Crippen LogP) is 4.11. The van der Waals surface area contributed by atoms with E-state index in [1.54, 1.807) is 0 Å². The standard InChI is InChI=1S/C19H18N4S/c20-19(22-16-4-2-1-3-5-16)15-10-17(24-13-15)12-23-9-7-14-11-21-8-6-18(14)23/h1-9,11,13,17H,10,12H2,(H2,20,22). The lowest BCUT2D eigenvalue weighted by Crippen LogP contribution is -2.17. The Bertz CT molecular complexity index is 911. The number of aromatic nitrogens is 2. The first-order chi connectivity index (χ1) is 11.8. The summed E-state index contributed by atoms with van der Waals surface area (Å²) in [7, 11) is 0. The molecule has 2 aromatic heterocycles. The second kappa shape index (κ2) is 6.53. The Labute approximate surface area is 145 Å². The molecule has 0 saturated carbocycles. The molecule has 5 heteroatoms. The van der Waals surface area contributed by atoms with Gasteiger partial charge in [0.1, 0.15) is 5.84 Å². The number of nitrogens with zero attached hydrogens (tertiary/aromatic N) is 3. The van der Waals surface area contributed by atoms with Crippen LogP contribution >= 0.6 is 11.8 Å². The minimum absolute atomic E-state index is 0.480. The lowest BCUT2D eigenvalue weighted by Gasteiger charge is -2.12. The fraction of sp³-hybridized carbons (Fsp3) is 0.158. The highest BCUT2D eigenvalue weighted by Crippen LogP contribution is 2.32. The highest BCUT2D eigenvalue weighted by Gasteiger charge is 2.21. The maximum absolute atomic E-state index is 6.19. The molecule has 3 aromatic rings. The first-order valence-corrected chi connectivity index (χ1v) is 8.87. The van der Waals surface area contributed by atoms with E-state index in [-0.39, 0.29) is 0 Å². The number of nitrogens with two attached hydrogens (primary N) is 1. The molecular weight excluding hydrogens is 316 g/mol. The monoisotopic (exact) mass is 334 g/mol. The molecule has 0 amide bonds. The molecule has 1 aliphatic heterocycles. The largest absolute Gasteiger partial charge is 0.383 e. The van der Waals surface area contributed by atoms with Crippen LogP contribution in [0.25, 0.3) is 10.9 Å². The van der Waals surface area contributed by atoms with E-state index in [1.165, 1.54) is 10.9 Å². The van der Waals surface area contributed by atoms with Crippen molar-refractivity contribution in [3.05, 3.63) is 72.0 Å². The van der Waals surface area contributed by atoms with Crippen molar-refractivity contribution < 1.29 is 0 Å². The summed E-state index contributed by atoms with van der Waals surface area (Å²) in [6.45, 7) is 0.955. The van der Waals surface area contributed by atoms with Crippen molar-refractivity contribution in [2.75, 3.05) is 0 Å². The van der Waals surface area contributed by atoms with Gasteiger partial charge in [-0.1, -0.05) is 18.2 Å². The van der Waals surface area contributed by atoms with Crippen molar-refractivity contribution in [1.29, 1.82) is 0 Å². The molecule has 1 aromatic carbocycles. The van der Waals surface area contributed by atoms with Crippen LogP contribution in [0.3, 0.4) is 0 Å². The van der Waals surface area contributed by atoms with E-state index >= 15 is 0 Å². The molecule has 0 spiro atoms. The number of pyridine rings is 1. The Hall–Kier alpha value is -2.53. The maximum Gasteiger partial charge on any atom is 0.127 e. The van der Waals surface area contributed by atoms with Crippen LogP contribution in [0, 0.1) is 0 Å². The third-order valence-electron chi connectivity index (χ3n) is 4.16. The van der Waals surface area contributed by atoms with E-state index in [4.69, 9.17) is 5.73 Å². The number of thioether (sulfide) groups is 1. The van der Waals surface area contributed by atoms with Crippen LogP contribution in [-0.2, 0) is 6.54 Å².